The van der Waals surface area contributed by atoms with Crippen molar-refractivity contribution in [3.63, 3.8) is 0 Å². The number of carbonyl (C=O) groups excluding carboxylic acids is 1. The van der Waals surface area contributed by atoms with Gasteiger partial charge in [0, 0.05) is 19.6 Å². The summed E-state index contributed by atoms with van der Waals surface area (Å²) in [7, 11) is 1.99. The van der Waals surface area contributed by atoms with Crippen LogP contribution in [0.5, 0.6) is 0 Å². The molecular weight excluding hydrogens is 218 g/mol. The fourth-order valence-electron chi connectivity index (χ4n) is 1.44. The van der Waals surface area contributed by atoms with Crippen molar-refractivity contribution in [1.82, 2.24) is 10.2 Å². The van der Waals surface area contributed by atoms with E-state index < -0.39 is 0 Å². The molecule has 0 aliphatic rings. The molecule has 1 aromatic carbocycles. The van der Waals surface area contributed by atoms with Crippen molar-refractivity contribution in [2.24, 2.45) is 5.16 Å². The van der Waals surface area contributed by atoms with Gasteiger partial charge in [0.1, 0.15) is 6.21 Å². The molecule has 0 aromatic heterocycles. The second-order valence-corrected chi connectivity index (χ2v) is 3.76. The Morgan fingerprint density at radius 1 is 1.47 bits per heavy atom. The molecule has 92 valence electrons. The van der Waals surface area contributed by atoms with E-state index >= 15 is 0 Å². The second kappa shape index (κ2) is 7.40. The molecule has 5 nitrogen and oxygen atoms in total. The van der Waals surface area contributed by atoms with Crippen LogP contribution in [-0.4, -0.2) is 42.4 Å². The lowest BCUT2D eigenvalue weighted by molar-refractivity contribution is -0.114. The largest absolute Gasteiger partial charge is 0.411 e. The molecule has 1 rings (SSSR count). The lowest BCUT2D eigenvalue weighted by Crippen LogP contribution is -2.33. The van der Waals surface area contributed by atoms with Gasteiger partial charge in [-0.1, -0.05) is 35.5 Å². The van der Waals surface area contributed by atoms with Crippen molar-refractivity contribution in [3.8, 4) is 0 Å². The number of amides is 1. The van der Waals surface area contributed by atoms with Crippen LogP contribution in [0.15, 0.2) is 35.5 Å². The van der Waals surface area contributed by atoms with Gasteiger partial charge in [-0.3, -0.25) is 4.79 Å². The third-order valence-corrected chi connectivity index (χ3v) is 2.26. The maximum Gasteiger partial charge on any atom is 0.265 e. The standard InChI is InChI=1S/C12H17N3O2/c1-15(8-7-13-12(16)9-14-17)10-11-5-3-2-4-6-11/h2-6,9,17H,7-8,10H2,1H3,(H,13,16)/b14-9+. The molecule has 0 bridgehead atoms. The predicted octanol–water partition coefficient (Wildman–Crippen LogP) is 0.695. The molecule has 0 heterocycles. The van der Waals surface area contributed by atoms with Crippen molar-refractivity contribution in [2.45, 2.75) is 6.54 Å². The summed E-state index contributed by atoms with van der Waals surface area (Å²) in [5.74, 6) is -0.388. The number of nitrogens with one attached hydrogen (secondary N) is 1. The van der Waals surface area contributed by atoms with Crippen LogP contribution in [0.4, 0.5) is 0 Å². The predicted molar refractivity (Wildman–Crippen MR) is 66.1 cm³/mol. The van der Waals surface area contributed by atoms with Crippen molar-refractivity contribution in [3.05, 3.63) is 35.9 Å². The third-order valence-electron chi connectivity index (χ3n) is 2.26. The highest BCUT2D eigenvalue weighted by Crippen LogP contribution is 2.01. The molecule has 5 heteroatoms. The number of carbonyl (C=O) groups is 1. The molecular formula is C12H17N3O2. The Bertz CT molecular complexity index is 365. The smallest absolute Gasteiger partial charge is 0.265 e. The van der Waals surface area contributed by atoms with Gasteiger partial charge >= 0.3 is 0 Å². The van der Waals surface area contributed by atoms with Gasteiger partial charge in [0.2, 0.25) is 0 Å². The van der Waals surface area contributed by atoms with E-state index in [1.54, 1.807) is 0 Å². The molecule has 0 radical (unpaired) electrons. The van der Waals surface area contributed by atoms with Crippen LogP contribution < -0.4 is 5.32 Å². The summed E-state index contributed by atoms with van der Waals surface area (Å²) in [6, 6.07) is 10.1. The zero-order chi connectivity index (χ0) is 12.5. The Morgan fingerprint density at radius 3 is 2.82 bits per heavy atom. The Kier molecular flexibility index (Phi) is 5.74. The molecule has 0 atom stereocenters. The summed E-state index contributed by atoms with van der Waals surface area (Å²) < 4.78 is 0. The highest BCUT2D eigenvalue weighted by molar-refractivity contribution is 6.25. The van der Waals surface area contributed by atoms with Gasteiger partial charge in [-0.05, 0) is 12.6 Å². The van der Waals surface area contributed by atoms with Gasteiger partial charge in [0.25, 0.3) is 5.91 Å². The van der Waals surface area contributed by atoms with E-state index in [0.29, 0.717) is 6.54 Å². The first-order valence-electron chi connectivity index (χ1n) is 5.40. The number of rotatable bonds is 6. The van der Waals surface area contributed by atoms with E-state index in [1.165, 1.54) is 5.56 Å². The molecule has 1 aromatic rings. The van der Waals surface area contributed by atoms with Crippen LogP contribution in [0.25, 0.3) is 0 Å². The van der Waals surface area contributed by atoms with Crippen molar-refractivity contribution < 1.29 is 10.0 Å². The van der Waals surface area contributed by atoms with Crippen LogP contribution in [0.3, 0.4) is 0 Å². The number of hydrogen-bond acceptors (Lipinski definition) is 4. The Labute approximate surface area is 101 Å². The van der Waals surface area contributed by atoms with Crippen LogP contribution in [-0.2, 0) is 11.3 Å². The summed E-state index contributed by atoms with van der Waals surface area (Å²) in [5, 5.41) is 13.4. The van der Waals surface area contributed by atoms with E-state index in [-0.39, 0.29) is 5.91 Å². The summed E-state index contributed by atoms with van der Waals surface area (Å²) in [6.07, 6.45) is 0.844. The van der Waals surface area contributed by atoms with Gasteiger partial charge in [0.15, 0.2) is 0 Å². The van der Waals surface area contributed by atoms with E-state index in [2.05, 4.69) is 27.5 Å². The van der Waals surface area contributed by atoms with Crippen LogP contribution in [0, 0.1) is 0 Å². The Balaban J connectivity index is 2.22. The van der Waals surface area contributed by atoms with Gasteiger partial charge in [-0.15, -0.1) is 0 Å². The van der Waals surface area contributed by atoms with E-state index in [1.807, 2.05) is 25.2 Å². The number of hydrogen-bond donors (Lipinski definition) is 2. The highest BCUT2D eigenvalue weighted by atomic mass is 16.4. The first-order valence-corrected chi connectivity index (χ1v) is 5.40. The first kappa shape index (κ1) is 13.2. The summed E-state index contributed by atoms with van der Waals surface area (Å²) in [4.78, 5) is 13.0. The fraction of sp³-hybridized carbons (Fsp3) is 0.333. The third kappa shape index (κ3) is 5.67. The number of nitrogens with zero attached hydrogens (tertiary/aromatic N) is 2. The monoisotopic (exact) mass is 235 g/mol. The zero-order valence-electron chi connectivity index (χ0n) is 9.84. The maximum absolute atomic E-state index is 10.9. The topological polar surface area (TPSA) is 64.9 Å². The van der Waals surface area contributed by atoms with Crippen LogP contribution >= 0.6 is 0 Å². The molecule has 0 spiro atoms. The highest BCUT2D eigenvalue weighted by Gasteiger charge is 2.01. The number of oxime groups is 1. The van der Waals surface area contributed by atoms with Crippen molar-refractivity contribution in [1.29, 1.82) is 0 Å². The van der Waals surface area contributed by atoms with Crippen molar-refractivity contribution in [2.75, 3.05) is 20.1 Å². The SMILES string of the molecule is CN(CCNC(=O)/C=N/O)Cc1ccccc1. The van der Waals surface area contributed by atoms with Gasteiger partial charge in [-0.2, -0.15) is 0 Å². The fourth-order valence-corrected chi connectivity index (χ4v) is 1.44. The van der Waals surface area contributed by atoms with E-state index in [9.17, 15) is 4.79 Å². The Morgan fingerprint density at radius 2 is 2.18 bits per heavy atom. The van der Waals surface area contributed by atoms with Crippen LogP contribution in [0.2, 0.25) is 0 Å². The minimum absolute atomic E-state index is 0.388. The summed E-state index contributed by atoms with van der Waals surface area (Å²) >= 11 is 0. The van der Waals surface area contributed by atoms with E-state index in [4.69, 9.17) is 5.21 Å². The summed E-state index contributed by atoms with van der Waals surface area (Å²) in [5.41, 5.74) is 1.23. The number of benzene rings is 1. The Hall–Kier alpha value is -1.88. The maximum atomic E-state index is 10.9. The summed E-state index contributed by atoms with van der Waals surface area (Å²) in [6.45, 7) is 2.10. The van der Waals surface area contributed by atoms with Gasteiger partial charge in [-0.25, -0.2) is 0 Å². The molecule has 0 fully saturated rings. The lowest BCUT2D eigenvalue weighted by Gasteiger charge is -2.16. The van der Waals surface area contributed by atoms with Crippen molar-refractivity contribution >= 4 is 12.1 Å². The molecule has 0 aliphatic carbocycles. The normalized spacial score (nSPS) is 10.9. The second-order valence-electron chi connectivity index (χ2n) is 3.76. The zero-order valence-corrected chi connectivity index (χ0v) is 9.84. The molecule has 2 N–H and O–H groups in total. The molecule has 0 aliphatic heterocycles. The van der Waals surface area contributed by atoms with Gasteiger partial charge in [0.05, 0.1) is 0 Å². The molecule has 0 unspecified atom stereocenters. The molecule has 0 saturated carbocycles. The minimum Gasteiger partial charge on any atom is -0.411 e. The average molecular weight is 235 g/mol. The number of likely N-dealkylation sites (N-methyl/N-ethyl adjacent to an activating group) is 1. The molecule has 17 heavy (non-hydrogen) atoms. The minimum atomic E-state index is -0.388. The molecule has 0 saturated heterocycles. The lowest BCUT2D eigenvalue weighted by atomic mass is 10.2. The average Bonchev–Trinajstić information content (AvgIpc) is 2.30. The van der Waals surface area contributed by atoms with Gasteiger partial charge < -0.3 is 15.4 Å². The quantitative estimate of drug-likeness (QED) is 0.433. The molecule has 1 amide bonds. The van der Waals surface area contributed by atoms with Crippen LogP contribution in [0.1, 0.15) is 5.56 Å². The first-order chi connectivity index (χ1) is 8.22. The van der Waals surface area contributed by atoms with E-state index in [0.717, 1.165) is 19.3 Å².